The number of nitrogens with zero attached hydrogens (tertiary/aromatic N) is 2. The van der Waals surface area contributed by atoms with Crippen LogP contribution in [0, 0.1) is 17.1 Å². The number of hydrogen-bond acceptors (Lipinski definition) is 3. The van der Waals surface area contributed by atoms with Crippen molar-refractivity contribution in [3.63, 3.8) is 0 Å². The van der Waals surface area contributed by atoms with Gasteiger partial charge in [-0.3, -0.25) is 4.79 Å². The largest absolute Gasteiger partial charge is 0.360 e. The quantitative estimate of drug-likeness (QED) is 0.781. The maximum absolute atomic E-state index is 13.6. The van der Waals surface area contributed by atoms with Gasteiger partial charge in [0, 0.05) is 6.54 Å². The summed E-state index contributed by atoms with van der Waals surface area (Å²) in [7, 11) is 0. The fourth-order valence-corrected chi connectivity index (χ4v) is 2.02. The average molecular weight is 269 g/mol. The first-order valence-electron chi connectivity index (χ1n) is 5.38. The molecule has 18 heavy (non-hydrogen) atoms. The van der Waals surface area contributed by atoms with Gasteiger partial charge in [-0.1, -0.05) is 17.7 Å². The molecule has 1 saturated heterocycles. The Balaban J connectivity index is 2.24. The molecular formula is C12H10ClFN2O2. The van der Waals surface area contributed by atoms with E-state index < -0.39 is 17.8 Å². The molecule has 1 aliphatic rings. The van der Waals surface area contributed by atoms with Gasteiger partial charge < -0.3 is 9.64 Å². The van der Waals surface area contributed by atoms with Gasteiger partial charge in [-0.2, -0.15) is 5.26 Å². The highest BCUT2D eigenvalue weighted by atomic mass is 35.5. The van der Waals surface area contributed by atoms with Crippen molar-refractivity contribution in [3.8, 4) is 6.07 Å². The lowest BCUT2D eigenvalue weighted by atomic mass is 10.1. The average Bonchev–Trinajstić information content (AvgIpc) is 2.38. The molecule has 0 spiro atoms. The number of carbonyl (C=O) groups is 1. The van der Waals surface area contributed by atoms with E-state index in [0.29, 0.717) is 6.54 Å². The lowest BCUT2D eigenvalue weighted by Gasteiger charge is -2.30. The van der Waals surface area contributed by atoms with Gasteiger partial charge in [-0.15, -0.1) is 0 Å². The van der Waals surface area contributed by atoms with Crippen LogP contribution in [0.2, 0.25) is 5.02 Å². The van der Waals surface area contributed by atoms with Crippen molar-refractivity contribution in [3.05, 3.63) is 34.6 Å². The summed E-state index contributed by atoms with van der Waals surface area (Å²) in [6.07, 6.45) is -0.673. The van der Waals surface area contributed by atoms with E-state index in [9.17, 15) is 9.18 Å². The Bertz CT molecular complexity index is 495. The minimum Gasteiger partial charge on any atom is -0.360 e. The Morgan fingerprint density at radius 3 is 3.06 bits per heavy atom. The van der Waals surface area contributed by atoms with Crippen molar-refractivity contribution in [1.82, 2.24) is 4.90 Å². The SMILES string of the molecule is N#CC1CN(C(=O)c2c(F)cccc2Cl)CCO1. The van der Waals surface area contributed by atoms with Crippen LogP contribution in [0.3, 0.4) is 0 Å². The van der Waals surface area contributed by atoms with Crippen LogP contribution >= 0.6 is 11.6 Å². The summed E-state index contributed by atoms with van der Waals surface area (Å²) in [4.78, 5) is 13.5. The van der Waals surface area contributed by atoms with E-state index in [1.807, 2.05) is 6.07 Å². The smallest absolute Gasteiger partial charge is 0.258 e. The number of carbonyl (C=O) groups excluding carboxylic acids is 1. The number of hydrogen-bond donors (Lipinski definition) is 0. The third-order valence-electron chi connectivity index (χ3n) is 2.67. The molecule has 0 saturated carbocycles. The van der Waals surface area contributed by atoms with Gasteiger partial charge in [-0.25, -0.2) is 4.39 Å². The zero-order valence-corrected chi connectivity index (χ0v) is 10.2. The summed E-state index contributed by atoms with van der Waals surface area (Å²) in [5.41, 5.74) is -0.155. The molecule has 1 aliphatic heterocycles. The van der Waals surface area contributed by atoms with E-state index in [-0.39, 0.29) is 23.7 Å². The van der Waals surface area contributed by atoms with E-state index in [0.717, 1.165) is 0 Å². The van der Waals surface area contributed by atoms with Crippen molar-refractivity contribution in [2.24, 2.45) is 0 Å². The molecule has 0 aliphatic carbocycles. The van der Waals surface area contributed by atoms with E-state index in [4.69, 9.17) is 21.6 Å². The van der Waals surface area contributed by atoms with Crippen LogP contribution in [0.1, 0.15) is 10.4 Å². The standard InChI is InChI=1S/C12H10ClFN2O2/c13-9-2-1-3-10(14)11(9)12(17)16-4-5-18-8(6-15)7-16/h1-3,8H,4-5,7H2. The van der Waals surface area contributed by atoms with E-state index in [1.165, 1.54) is 23.1 Å². The van der Waals surface area contributed by atoms with E-state index in [2.05, 4.69) is 0 Å². The topological polar surface area (TPSA) is 53.3 Å². The van der Waals surface area contributed by atoms with Crippen molar-refractivity contribution in [1.29, 1.82) is 5.26 Å². The van der Waals surface area contributed by atoms with Gasteiger partial charge in [0.25, 0.3) is 5.91 Å². The zero-order chi connectivity index (χ0) is 13.1. The van der Waals surface area contributed by atoms with Crippen LogP contribution in [0.4, 0.5) is 4.39 Å². The molecule has 94 valence electrons. The molecule has 1 unspecified atom stereocenters. The molecule has 0 aromatic heterocycles. The first kappa shape index (κ1) is 12.8. The van der Waals surface area contributed by atoms with Crippen molar-refractivity contribution in [2.75, 3.05) is 19.7 Å². The Labute approximate surface area is 109 Å². The molecule has 6 heteroatoms. The molecule has 1 fully saturated rings. The van der Waals surface area contributed by atoms with E-state index in [1.54, 1.807) is 0 Å². The monoisotopic (exact) mass is 268 g/mol. The number of ether oxygens (including phenoxy) is 1. The molecule has 1 atom stereocenters. The lowest BCUT2D eigenvalue weighted by molar-refractivity contribution is 0.00327. The van der Waals surface area contributed by atoms with Gasteiger partial charge >= 0.3 is 0 Å². The fourth-order valence-electron chi connectivity index (χ4n) is 1.77. The summed E-state index contributed by atoms with van der Waals surface area (Å²) in [6, 6.07) is 6.00. The number of morpholine rings is 1. The maximum atomic E-state index is 13.6. The number of halogens is 2. The van der Waals surface area contributed by atoms with Gasteiger partial charge in [-0.05, 0) is 12.1 Å². The molecule has 4 nitrogen and oxygen atoms in total. The Kier molecular flexibility index (Phi) is 3.80. The Morgan fingerprint density at radius 2 is 2.39 bits per heavy atom. The highest BCUT2D eigenvalue weighted by Gasteiger charge is 2.27. The molecular weight excluding hydrogens is 259 g/mol. The molecule has 1 amide bonds. The van der Waals surface area contributed by atoms with Gasteiger partial charge in [0.1, 0.15) is 5.82 Å². The highest BCUT2D eigenvalue weighted by molar-refractivity contribution is 6.33. The van der Waals surface area contributed by atoms with Crippen LogP contribution < -0.4 is 0 Å². The number of benzene rings is 1. The summed E-state index contributed by atoms with van der Waals surface area (Å²) >= 11 is 5.83. The van der Waals surface area contributed by atoms with Crippen LogP contribution in [-0.2, 0) is 4.74 Å². The third-order valence-corrected chi connectivity index (χ3v) is 2.99. The second kappa shape index (κ2) is 5.34. The lowest BCUT2D eigenvalue weighted by Crippen LogP contribution is -2.45. The van der Waals surface area contributed by atoms with Gasteiger partial charge in [0.05, 0.1) is 29.8 Å². The van der Waals surface area contributed by atoms with Crippen molar-refractivity contribution in [2.45, 2.75) is 6.10 Å². The van der Waals surface area contributed by atoms with Gasteiger partial charge in [0.2, 0.25) is 0 Å². The first-order chi connectivity index (χ1) is 8.63. The van der Waals surface area contributed by atoms with Gasteiger partial charge in [0.15, 0.2) is 6.10 Å². The van der Waals surface area contributed by atoms with Crippen LogP contribution in [-0.4, -0.2) is 36.6 Å². The molecule has 1 aromatic carbocycles. The number of nitriles is 1. The van der Waals surface area contributed by atoms with Crippen LogP contribution in [0.15, 0.2) is 18.2 Å². The summed E-state index contributed by atoms with van der Waals surface area (Å²) in [5, 5.41) is 8.83. The molecule has 0 bridgehead atoms. The fraction of sp³-hybridized carbons (Fsp3) is 0.333. The second-order valence-corrected chi connectivity index (χ2v) is 4.24. The van der Waals surface area contributed by atoms with Crippen molar-refractivity contribution >= 4 is 17.5 Å². The predicted octanol–water partition coefficient (Wildman–Crippen LogP) is 1.84. The second-order valence-electron chi connectivity index (χ2n) is 3.84. The molecule has 2 rings (SSSR count). The summed E-state index contributed by atoms with van der Waals surface area (Å²) in [5.74, 6) is -1.17. The number of amides is 1. The van der Waals surface area contributed by atoms with Crippen molar-refractivity contribution < 1.29 is 13.9 Å². The summed E-state index contributed by atoms with van der Waals surface area (Å²) < 4.78 is 18.7. The minimum atomic E-state index is -0.673. The molecule has 1 heterocycles. The maximum Gasteiger partial charge on any atom is 0.258 e. The van der Waals surface area contributed by atoms with E-state index >= 15 is 0 Å². The minimum absolute atomic E-state index is 0.0694. The Morgan fingerprint density at radius 1 is 1.61 bits per heavy atom. The molecule has 0 radical (unpaired) electrons. The normalized spacial score (nSPS) is 19.4. The Hall–Kier alpha value is -1.64. The molecule has 1 aromatic rings. The van der Waals surface area contributed by atoms with Crippen LogP contribution in [0.5, 0.6) is 0 Å². The predicted molar refractivity (Wildman–Crippen MR) is 62.7 cm³/mol. The number of rotatable bonds is 1. The summed E-state index contributed by atoms with van der Waals surface area (Å²) in [6.45, 7) is 0.706. The first-order valence-corrected chi connectivity index (χ1v) is 5.76. The third kappa shape index (κ3) is 2.45. The van der Waals surface area contributed by atoms with Crippen LogP contribution in [0.25, 0.3) is 0 Å². The highest BCUT2D eigenvalue weighted by Crippen LogP contribution is 2.21. The molecule has 0 N–H and O–H groups in total. The zero-order valence-electron chi connectivity index (χ0n) is 9.40.